The van der Waals surface area contributed by atoms with Gasteiger partial charge in [0.05, 0.1) is 5.54 Å². The molecule has 1 aliphatic rings. The maximum atomic E-state index is 13.4. The van der Waals surface area contributed by atoms with Crippen LogP contribution < -0.4 is 10.1 Å². The zero-order valence-electron chi connectivity index (χ0n) is 13.5. The smallest absolute Gasteiger partial charge is 0.321 e. The lowest BCUT2D eigenvalue weighted by Gasteiger charge is -2.18. The highest BCUT2D eigenvalue weighted by Gasteiger charge is 2.45. The third-order valence-electron chi connectivity index (χ3n) is 3.85. The Labute approximate surface area is 149 Å². The van der Waals surface area contributed by atoms with E-state index in [1.54, 1.807) is 0 Å². The molecule has 0 amide bonds. The van der Waals surface area contributed by atoms with Crippen LogP contribution in [0.15, 0.2) is 42.7 Å². The van der Waals surface area contributed by atoms with Crippen molar-refractivity contribution in [2.75, 3.05) is 11.9 Å². The molecule has 0 atom stereocenters. The van der Waals surface area contributed by atoms with Crippen molar-refractivity contribution < 1.29 is 13.5 Å². The number of halogens is 3. The molecule has 0 unspecified atom stereocenters. The number of alkyl halides is 2. The van der Waals surface area contributed by atoms with Crippen LogP contribution in [0.1, 0.15) is 25.3 Å². The second kappa shape index (κ2) is 6.92. The van der Waals surface area contributed by atoms with E-state index in [2.05, 4.69) is 20.3 Å². The zero-order valence-corrected chi connectivity index (χ0v) is 14.3. The Kier molecular flexibility index (Phi) is 4.85. The fraction of sp³-hybridized carbons (Fsp3) is 0.353. The highest BCUT2D eigenvalue weighted by atomic mass is 35.5. The lowest BCUT2D eigenvalue weighted by Crippen LogP contribution is -2.24. The molecule has 0 spiro atoms. The Balaban J connectivity index is 1.69. The molecule has 1 aromatic carbocycles. The molecule has 1 fully saturated rings. The van der Waals surface area contributed by atoms with Crippen molar-refractivity contribution in [2.45, 2.75) is 31.2 Å². The Bertz CT molecular complexity index is 763. The van der Waals surface area contributed by atoms with Crippen LogP contribution in [-0.2, 0) is 5.54 Å². The normalized spacial score (nSPS) is 16.0. The molecule has 0 radical (unpaired) electrons. The van der Waals surface area contributed by atoms with Crippen molar-refractivity contribution >= 4 is 17.5 Å². The summed E-state index contributed by atoms with van der Waals surface area (Å²) >= 11 is 5.92. The fourth-order valence-electron chi connectivity index (χ4n) is 2.46. The van der Waals surface area contributed by atoms with Gasteiger partial charge in [-0.15, -0.1) is 0 Å². The van der Waals surface area contributed by atoms with Gasteiger partial charge in [-0.25, -0.2) is 4.98 Å². The van der Waals surface area contributed by atoms with Gasteiger partial charge in [0.25, 0.3) is 5.92 Å². The molecule has 1 N–H and O–H groups in total. The molecule has 0 aliphatic heterocycles. The number of nitrogens with zero attached hydrogens (tertiary/aromatic N) is 3. The van der Waals surface area contributed by atoms with Crippen LogP contribution in [-0.4, -0.2) is 27.5 Å². The van der Waals surface area contributed by atoms with E-state index >= 15 is 0 Å². The maximum absolute atomic E-state index is 13.4. The van der Waals surface area contributed by atoms with Gasteiger partial charge in [-0.2, -0.15) is 18.7 Å². The van der Waals surface area contributed by atoms with E-state index in [1.807, 2.05) is 24.3 Å². The Morgan fingerprint density at radius 1 is 1.28 bits per heavy atom. The lowest BCUT2D eigenvalue weighted by atomic mass is 10.1. The predicted octanol–water partition coefficient (Wildman–Crippen LogP) is 4.22. The SMILES string of the molecule is CC=CC(F)(F)COc1ncnc(NC2(c3ccc(Cl)cc3)CC2)n1. The first kappa shape index (κ1) is 17.5. The van der Waals surface area contributed by atoms with Crippen LogP contribution in [0.4, 0.5) is 14.7 Å². The summed E-state index contributed by atoms with van der Waals surface area (Å²) in [6.07, 6.45) is 5.10. The van der Waals surface area contributed by atoms with Crippen molar-refractivity contribution in [3.05, 3.63) is 53.3 Å². The summed E-state index contributed by atoms with van der Waals surface area (Å²) in [6.45, 7) is 0.688. The van der Waals surface area contributed by atoms with E-state index in [9.17, 15) is 8.78 Å². The molecular formula is C17H17ClF2N4O. The number of rotatable bonds is 7. The van der Waals surface area contributed by atoms with Crippen molar-refractivity contribution in [2.24, 2.45) is 0 Å². The van der Waals surface area contributed by atoms with E-state index in [4.69, 9.17) is 16.3 Å². The van der Waals surface area contributed by atoms with E-state index < -0.39 is 12.5 Å². The minimum Gasteiger partial charge on any atom is -0.457 e. The number of benzene rings is 1. The highest BCUT2D eigenvalue weighted by molar-refractivity contribution is 6.30. The summed E-state index contributed by atoms with van der Waals surface area (Å²) in [5.74, 6) is -2.79. The molecule has 1 aromatic heterocycles. The minimum absolute atomic E-state index is 0.145. The van der Waals surface area contributed by atoms with E-state index in [1.165, 1.54) is 19.3 Å². The monoisotopic (exact) mass is 366 g/mol. The summed E-state index contributed by atoms with van der Waals surface area (Å²) in [4.78, 5) is 11.9. The average molecular weight is 367 g/mol. The maximum Gasteiger partial charge on any atom is 0.321 e. The molecule has 8 heteroatoms. The van der Waals surface area contributed by atoms with Crippen LogP contribution in [0, 0.1) is 0 Å². The first-order chi connectivity index (χ1) is 11.9. The molecule has 5 nitrogen and oxygen atoms in total. The van der Waals surface area contributed by atoms with Gasteiger partial charge in [-0.3, -0.25) is 0 Å². The number of ether oxygens (including phenoxy) is 1. The Morgan fingerprint density at radius 2 is 2.00 bits per heavy atom. The van der Waals surface area contributed by atoms with Crippen molar-refractivity contribution in [3.63, 3.8) is 0 Å². The van der Waals surface area contributed by atoms with Gasteiger partial charge >= 0.3 is 6.01 Å². The molecular weight excluding hydrogens is 350 g/mol. The summed E-state index contributed by atoms with van der Waals surface area (Å²) in [5.41, 5.74) is 0.803. The molecule has 1 heterocycles. The first-order valence-electron chi connectivity index (χ1n) is 7.80. The van der Waals surface area contributed by atoms with Gasteiger partial charge in [0, 0.05) is 5.02 Å². The van der Waals surface area contributed by atoms with Crippen LogP contribution in [0.5, 0.6) is 6.01 Å². The topological polar surface area (TPSA) is 59.9 Å². The molecule has 1 aliphatic carbocycles. The minimum atomic E-state index is -3.07. The van der Waals surface area contributed by atoms with Crippen LogP contribution in [0.2, 0.25) is 5.02 Å². The second-order valence-corrected chi connectivity index (χ2v) is 6.29. The van der Waals surface area contributed by atoms with Crippen LogP contribution in [0.25, 0.3) is 0 Å². The third-order valence-corrected chi connectivity index (χ3v) is 4.10. The van der Waals surface area contributed by atoms with Gasteiger partial charge in [0.1, 0.15) is 6.33 Å². The van der Waals surface area contributed by atoms with Crippen molar-refractivity contribution in [3.8, 4) is 6.01 Å². The molecule has 0 bridgehead atoms. The lowest BCUT2D eigenvalue weighted by molar-refractivity contribution is 0.00183. The van der Waals surface area contributed by atoms with Gasteiger partial charge in [0.2, 0.25) is 5.95 Å². The summed E-state index contributed by atoms with van der Waals surface area (Å²) in [7, 11) is 0. The summed E-state index contributed by atoms with van der Waals surface area (Å²) in [5, 5.41) is 3.91. The third kappa shape index (κ3) is 4.42. The van der Waals surface area contributed by atoms with Gasteiger partial charge in [-0.1, -0.05) is 29.8 Å². The number of anilines is 1. The molecule has 1 saturated carbocycles. The molecule has 3 rings (SSSR count). The van der Waals surface area contributed by atoms with Crippen molar-refractivity contribution in [1.29, 1.82) is 0 Å². The fourth-order valence-corrected chi connectivity index (χ4v) is 2.58. The van der Waals surface area contributed by atoms with Crippen LogP contribution >= 0.6 is 11.6 Å². The number of nitrogens with one attached hydrogen (secondary N) is 1. The predicted molar refractivity (Wildman–Crippen MR) is 91.1 cm³/mol. The quantitative estimate of drug-likeness (QED) is 0.743. The van der Waals surface area contributed by atoms with E-state index in [0.717, 1.165) is 24.5 Å². The number of allylic oxidation sites excluding steroid dienone is 1. The average Bonchev–Trinajstić information content (AvgIpc) is 3.35. The standard InChI is InChI=1S/C17H17ClF2N4O/c1-2-7-17(19,20)10-25-15-22-11-21-14(23-15)24-16(8-9-16)12-3-5-13(18)6-4-12/h2-7,11H,8-10H2,1H3,(H,21,22,23,24). The highest BCUT2D eigenvalue weighted by Crippen LogP contribution is 2.48. The second-order valence-electron chi connectivity index (χ2n) is 5.86. The molecule has 132 valence electrons. The largest absolute Gasteiger partial charge is 0.457 e. The van der Waals surface area contributed by atoms with E-state index in [0.29, 0.717) is 5.02 Å². The number of aromatic nitrogens is 3. The Morgan fingerprint density at radius 3 is 2.64 bits per heavy atom. The summed E-state index contributed by atoms with van der Waals surface area (Å²) < 4.78 is 31.9. The van der Waals surface area contributed by atoms with Gasteiger partial charge in [-0.05, 0) is 43.5 Å². The molecule has 2 aromatic rings. The first-order valence-corrected chi connectivity index (χ1v) is 8.18. The number of hydrogen-bond acceptors (Lipinski definition) is 5. The van der Waals surface area contributed by atoms with Gasteiger partial charge in [0.15, 0.2) is 6.61 Å². The molecule has 25 heavy (non-hydrogen) atoms. The number of hydrogen-bond donors (Lipinski definition) is 1. The van der Waals surface area contributed by atoms with E-state index in [-0.39, 0.29) is 17.5 Å². The summed E-state index contributed by atoms with van der Waals surface area (Å²) in [6, 6.07) is 7.39. The van der Waals surface area contributed by atoms with Gasteiger partial charge < -0.3 is 10.1 Å². The Hall–Kier alpha value is -2.28. The van der Waals surface area contributed by atoms with Crippen LogP contribution in [0.3, 0.4) is 0 Å². The zero-order chi connectivity index (χ0) is 17.9. The van der Waals surface area contributed by atoms with Crippen molar-refractivity contribution in [1.82, 2.24) is 15.0 Å². The molecule has 0 saturated heterocycles.